The fourth-order valence-corrected chi connectivity index (χ4v) is 5.55. The van der Waals surface area contributed by atoms with E-state index in [9.17, 15) is 13.2 Å². The van der Waals surface area contributed by atoms with Crippen LogP contribution in [0.15, 0.2) is 30.3 Å². The van der Waals surface area contributed by atoms with Crippen LogP contribution in [0.3, 0.4) is 0 Å². The number of sulfonamides is 1. The Labute approximate surface area is 178 Å². The summed E-state index contributed by atoms with van der Waals surface area (Å²) in [6, 6.07) is 9.86. The average molecular weight is 429 g/mol. The maximum absolute atomic E-state index is 12.7. The number of fused-ring (bicyclic) bond motifs is 1. The number of aryl methyl sites for hydroxylation is 2. The number of piperidine rings is 1. The van der Waals surface area contributed by atoms with Crippen molar-refractivity contribution in [3.8, 4) is 0 Å². The predicted octanol–water partition coefficient (Wildman–Crippen LogP) is 2.79. The Hall–Kier alpha value is -2.32. The zero-order chi connectivity index (χ0) is 21.3. The summed E-state index contributed by atoms with van der Waals surface area (Å²) < 4.78 is 26.1. The first-order chi connectivity index (χ1) is 14.3. The maximum Gasteiger partial charge on any atom is 0.232 e. The molecule has 0 aliphatic carbocycles. The highest BCUT2D eigenvalue weighted by atomic mass is 32.2. The average Bonchev–Trinajstić information content (AvgIpc) is 3.04. The summed E-state index contributed by atoms with van der Waals surface area (Å²) in [7, 11) is -3.35. The van der Waals surface area contributed by atoms with Gasteiger partial charge >= 0.3 is 0 Å². The van der Waals surface area contributed by atoms with Crippen LogP contribution in [0.1, 0.15) is 54.4 Å². The number of anilines is 1. The molecule has 8 heteroatoms. The molecule has 1 atom stereocenters. The van der Waals surface area contributed by atoms with Crippen molar-refractivity contribution < 1.29 is 13.2 Å². The molecular formula is C22H28N4O3S. The van der Waals surface area contributed by atoms with Gasteiger partial charge in [-0.05, 0) is 38.2 Å². The van der Waals surface area contributed by atoms with Crippen molar-refractivity contribution in [2.24, 2.45) is 0 Å². The predicted molar refractivity (Wildman–Crippen MR) is 116 cm³/mol. The van der Waals surface area contributed by atoms with Gasteiger partial charge < -0.3 is 0 Å². The van der Waals surface area contributed by atoms with E-state index in [0.717, 1.165) is 36.9 Å². The normalized spacial score (nSPS) is 19.9. The van der Waals surface area contributed by atoms with Gasteiger partial charge in [0, 0.05) is 24.3 Å². The molecule has 0 bridgehead atoms. The molecule has 1 aromatic carbocycles. The molecule has 2 aromatic rings. The van der Waals surface area contributed by atoms with Crippen molar-refractivity contribution in [2.75, 3.05) is 24.2 Å². The zero-order valence-corrected chi connectivity index (χ0v) is 18.4. The van der Waals surface area contributed by atoms with E-state index in [-0.39, 0.29) is 11.9 Å². The largest absolute Gasteiger partial charge is 0.296 e. The Morgan fingerprint density at radius 1 is 1.13 bits per heavy atom. The van der Waals surface area contributed by atoms with Crippen molar-refractivity contribution in [3.05, 3.63) is 53.0 Å². The smallest absolute Gasteiger partial charge is 0.232 e. The van der Waals surface area contributed by atoms with Gasteiger partial charge in [0.2, 0.25) is 15.9 Å². The van der Waals surface area contributed by atoms with Gasteiger partial charge in [-0.1, -0.05) is 36.8 Å². The molecule has 1 saturated heterocycles. The summed E-state index contributed by atoms with van der Waals surface area (Å²) in [5.74, 6) is 1.21. The molecular weight excluding hydrogens is 400 g/mol. The summed E-state index contributed by atoms with van der Waals surface area (Å²) in [6.07, 6.45) is 5.77. The van der Waals surface area contributed by atoms with Gasteiger partial charge in [0.15, 0.2) is 0 Å². The maximum atomic E-state index is 12.7. The number of benzene rings is 1. The number of carbonyl (C=O) groups excluding carboxylic acids is 1. The van der Waals surface area contributed by atoms with Crippen molar-refractivity contribution in [3.63, 3.8) is 0 Å². The minimum absolute atomic E-state index is 0.0382. The van der Waals surface area contributed by atoms with Crippen LogP contribution in [-0.4, -0.2) is 47.9 Å². The highest BCUT2D eigenvalue weighted by Crippen LogP contribution is 2.35. The van der Waals surface area contributed by atoms with Gasteiger partial charge in [0.05, 0.1) is 18.7 Å². The second-order valence-corrected chi connectivity index (χ2v) is 10.1. The topological polar surface area (TPSA) is 83.5 Å². The quantitative estimate of drug-likeness (QED) is 0.706. The Morgan fingerprint density at radius 3 is 2.63 bits per heavy atom. The molecule has 0 N–H and O–H groups in total. The molecule has 1 fully saturated rings. The molecule has 4 rings (SSSR count). The van der Waals surface area contributed by atoms with Crippen molar-refractivity contribution in [1.82, 2.24) is 14.3 Å². The number of hydrogen-bond acceptors (Lipinski definition) is 5. The lowest BCUT2D eigenvalue weighted by Gasteiger charge is -2.33. The molecule has 1 amide bonds. The molecule has 160 valence electrons. The third kappa shape index (κ3) is 4.25. The van der Waals surface area contributed by atoms with Crippen molar-refractivity contribution in [2.45, 2.75) is 51.5 Å². The Kier molecular flexibility index (Phi) is 5.88. The van der Waals surface area contributed by atoms with E-state index in [0.29, 0.717) is 37.6 Å². The molecule has 0 radical (unpaired) electrons. The van der Waals surface area contributed by atoms with E-state index in [1.165, 1.54) is 16.1 Å². The molecule has 3 heterocycles. The van der Waals surface area contributed by atoms with Gasteiger partial charge in [-0.25, -0.2) is 18.4 Å². The van der Waals surface area contributed by atoms with E-state index in [1.807, 2.05) is 25.1 Å². The van der Waals surface area contributed by atoms with Crippen LogP contribution in [0.2, 0.25) is 0 Å². The summed E-state index contributed by atoms with van der Waals surface area (Å²) in [5.41, 5.74) is 2.88. The van der Waals surface area contributed by atoms with Crippen LogP contribution in [-0.2, 0) is 27.7 Å². The van der Waals surface area contributed by atoms with E-state index in [4.69, 9.17) is 4.98 Å². The summed E-state index contributed by atoms with van der Waals surface area (Å²) in [5, 5.41) is 0. The summed E-state index contributed by atoms with van der Waals surface area (Å²) >= 11 is 0. The molecule has 2 aliphatic heterocycles. The third-order valence-electron chi connectivity index (χ3n) is 5.96. The van der Waals surface area contributed by atoms with Gasteiger partial charge in [0.1, 0.15) is 11.6 Å². The number of amides is 1. The second-order valence-electron chi connectivity index (χ2n) is 8.17. The van der Waals surface area contributed by atoms with E-state index in [2.05, 4.69) is 17.1 Å². The molecule has 0 saturated carbocycles. The Balaban J connectivity index is 1.58. The summed E-state index contributed by atoms with van der Waals surface area (Å²) in [6.45, 7) is 2.97. The lowest BCUT2D eigenvalue weighted by molar-refractivity contribution is -0.117. The summed E-state index contributed by atoms with van der Waals surface area (Å²) in [4.78, 5) is 23.8. The first kappa shape index (κ1) is 20.9. The van der Waals surface area contributed by atoms with Gasteiger partial charge in [-0.15, -0.1) is 0 Å². The van der Waals surface area contributed by atoms with Crippen molar-refractivity contribution in [1.29, 1.82) is 0 Å². The fourth-order valence-electron chi connectivity index (χ4n) is 4.42. The van der Waals surface area contributed by atoms with Crippen LogP contribution in [0.5, 0.6) is 0 Å². The molecule has 0 unspecified atom stereocenters. The monoisotopic (exact) mass is 428 g/mol. The molecule has 0 spiro atoms. The van der Waals surface area contributed by atoms with E-state index >= 15 is 0 Å². The molecule has 2 aliphatic rings. The molecule has 1 aromatic heterocycles. The number of carbonyl (C=O) groups is 1. The highest BCUT2D eigenvalue weighted by Gasteiger charge is 2.36. The van der Waals surface area contributed by atoms with Gasteiger partial charge in [-0.2, -0.15) is 4.31 Å². The Bertz CT molecular complexity index is 1040. The van der Waals surface area contributed by atoms with Crippen LogP contribution in [0.25, 0.3) is 0 Å². The number of hydrogen-bond donors (Lipinski definition) is 0. The molecule has 7 nitrogen and oxygen atoms in total. The van der Waals surface area contributed by atoms with Crippen molar-refractivity contribution >= 4 is 21.7 Å². The highest BCUT2D eigenvalue weighted by molar-refractivity contribution is 7.88. The van der Waals surface area contributed by atoms with E-state index < -0.39 is 10.0 Å². The van der Waals surface area contributed by atoms with Crippen LogP contribution in [0, 0.1) is 6.92 Å². The fraction of sp³-hybridized carbons (Fsp3) is 0.500. The van der Waals surface area contributed by atoms with Gasteiger partial charge in [0.25, 0.3) is 0 Å². The standard InChI is InChI=1S/C22H28N4O3S/c1-16-18-15-20(27)25(13-8-11-17-9-4-3-5-10-17)22(18)24-21(23-16)19-12-6-7-14-26(19)30(2,28)29/h3-5,9-10,19H,6-8,11-15H2,1-2H3/t19-/m1/s1. The minimum Gasteiger partial charge on any atom is -0.296 e. The van der Waals surface area contributed by atoms with Crippen LogP contribution in [0.4, 0.5) is 5.82 Å². The number of rotatable bonds is 6. The molecule has 30 heavy (non-hydrogen) atoms. The van der Waals surface area contributed by atoms with Gasteiger partial charge in [-0.3, -0.25) is 9.69 Å². The number of nitrogens with zero attached hydrogens (tertiary/aromatic N) is 4. The third-order valence-corrected chi connectivity index (χ3v) is 7.25. The minimum atomic E-state index is -3.35. The lowest BCUT2D eigenvalue weighted by atomic mass is 10.0. The Morgan fingerprint density at radius 2 is 1.90 bits per heavy atom. The van der Waals surface area contributed by atoms with E-state index in [1.54, 1.807) is 4.90 Å². The first-order valence-corrected chi connectivity index (χ1v) is 12.4. The SMILES string of the molecule is Cc1nc([C@H]2CCCCN2S(C)(=O)=O)nc2c1CC(=O)N2CCCc1ccccc1. The number of aromatic nitrogens is 2. The first-order valence-electron chi connectivity index (χ1n) is 10.5. The van der Waals surface area contributed by atoms with Crippen LogP contribution >= 0.6 is 0 Å². The second kappa shape index (κ2) is 8.43. The zero-order valence-electron chi connectivity index (χ0n) is 17.5. The van der Waals surface area contributed by atoms with Crippen LogP contribution < -0.4 is 4.90 Å². The lowest BCUT2D eigenvalue weighted by Crippen LogP contribution is -2.39.